The standard InChI is InChI=1S/C28H28N6O3/c1-19-15-20(8-11-25(19)37-22-12-14-33(4)27(36)17-22)31-28-23-16-21(9-10-24(23)29-18-30-28)34(5)26(35)7-6-13-32(2)3/h8-12,14-18H,13H2,1-5H3,(H,29,30,31). The number of nitrogens with zero attached hydrogens (tertiary/aromatic N) is 5. The summed E-state index contributed by atoms with van der Waals surface area (Å²) in [7, 11) is 7.18. The Hall–Kier alpha value is -4.68. The molecule has 0 aliphatic carbocycles. The van der Waals surface area contributed by atoms with E-state index in [0.29, 0.717) is 29.5 Å². The monoisotopic (exact) mass is 496 g/mol. The summed E-state index contributed by atoms with van der Waals surface area (Å²) in [6, 6.07) is 14.4. The van der Waals surface area contributed by atoms with Crippen LogP contribution in [0.3, 0.4) is 0 Å². The molecule has 4 rings (SSSR count). The van der Waals surface area contributed by atoms with Gasteiger partial charge in [0.1, 0.15) is 23.6 Å². The number of fused-ring (bicyclic) bond motifs is 1. The van der Waals surface area contributed by atoms with E-state index in [1.807, 2.05) is 62.3 Å². The molecule has 4 aromatic rings. The largest absolute Gasteiger partial charge is 0.457 e. The van der Waals surface area contributed by atoms with Crippen LogP contribution in [0.1, 0.15) is 5.56 Å². The van der Waals surface area contributed by atoms with E-state index in [9.17, 15) is 9.59 Å². The van der Waals surface area contributed by atoms with E-state index in [-0.39, 0.29) is 11.5 Å². The van der Waals surface area contributed by atoms with E-state index in [1.165, 1.54) is 21.9 Å². The summed E-state index contributed by atoms with van der Waals surface area (Å²) in [6.45, 7) is 2.43. The zero-order valence-electron chi connectivity index (χ0n) is 21.4. The molecule has 2 heterocycles. The number of nitrogens with one attached hydrogen (secondary N) is 1. The van der Waals surface area contributed by atoms with E-state index in [0.717, 1.165) is 22.2 Å². The molecule has 0 spiro atoms. The Kier molecular flexibility index (Phi) is 7.51. The van der Waals surface area contributed by atoms with Gasteiger partial charge >= 0.3 is 5.91 Å². The number of amides is 1. The van der Waals surface area contributed by atoms with Gasteiger partial charge < -0.3 is 19.5 Å². The van der Waals surface area contributed by atoms with Crippen LogP contribution in [0, 0.1) is 18.8 Å². The van der Waals surface area contributed by atoms with Gasteiger partial charge in [-0.05, 0) is 75.0 Å². The van der Waals surface area contributed by atoms with Gasteiger partial charge in [0, 0.05) is 43.1 Å². The molecule has 9 nitrogen and oxygen atoms in total. The number of carbonyl (C=O) groups is 1. The van der Waals surface area contributed by atoms with Crippen molar-refractivity contribution in [2.24, 2.45) is 7.05 Å². The Morgan fingerprint density at radius 3 is 2.62 bits per heavy atom. The van der Waals surface area contributed by atoms with Crippen LogP contribution in [0.2, 0.25) is 0 Å². The summed E-state index contributed by atoms with van der Waals surface area (Å²) in [5, 5.41) is 4.10. The molecule has 0 saturated carbocycles. The van der Waals surface area contributed by atoms with Gasteiger partial charge in [-0.3, -0.25) is 14.5 Å². The fourth-order valence-electron chi connectivity index (χ4n) is 3.53. The van der Waals surface area contributed by atoms with Crippen molar-refractivity contribution in [1.82, 2.24) is 19.4 Å². The van der Waals surface area contributed by atoms with Crippen molar-refractivity contribution in [1.29, 1.82) is 0 Å². The second-order valence-electron chi connectivity index (χ2n) is 8.85. The fourth-order valence-corrected chi connectivity index (χ4v) is 3.53. The minimum Gasteiger partial charge on any atom is -0.457 e. The molecule has 0 aliphatic heterocycles. The molecule has 0 unspecified atom stereocenters. The number of ether oxygens (including phenoxy) is 1. The van der Waals surface area contributed by atoms with Crippen molar-refractivity contribution in [2.45, 2.75) is 6.92 Å². The van der Waals surface area contributed by atoms with Crippen molar-refractivity contribution in [2.75, 3.05) is 37.9 Å². The number of rotatable bonds is 6. The van der Waals surface area contributed by atoms with Gasteiger partial charge in [-0.25, -0.2) is 9.97 Å². The van der Waals surface area contributed by atoms with E-state index in [4.69, 9.17) is 4.74 Å². The third kappa shape index (κ3) is 6.12. The molecule has 1 N–H and O–H groups in total. The van der Waals surface area contributed by atoms with Gasteiger partial charge in [0.25, 0.3) is 5.56 Å². The average molecular weight is 497 g/mol. The zero-order chi connectivity index (χ0) is 26.5. The van der Waals surface area contributed by atoms with Gasteiger partial charge in [-0.15, -0.1) is 0 Å². The summed E-state index contributed by atoms with van der Waals surface area (Å²) >= 11 is 0. The van der Waals surface area contributed by atoms with E-state index in [1.54, 1.807) is 26.4 Å². The van der Waals surface area contributed by atoms with E-state index < -0.39 is 0 Å². The van der Waals surface area contributed by atoms with Crippen molar-refractivity contribution in [3.63, 3.8) is 0 Å². The van der Waals surface area contributed by atoms with Crippen LogP contribution in [0.15, 0.2) is 65.8 Å². The smallest absolute Gasteiger partial charge is 0.302 e. The van der Waals surface area contributed by atoms with Crippen LogP contribution >= 0.6 is 0 Å². The molecule has 188 valence electrons. The number of aryl methyl sites for hydroxylation is 2. The first-order valence-corrected chi connectivity index (χ1v) is 11.6. The topological polar surface area (TPSA) is 92.6 Å². The van der Waals surface area contributed by atoms with E-state index >= 15 is 0 Å². The molecule has 0 fully saturated rings. The molecule has 0 aliphatic rings. The van der Waals surface area contributed by atoms with Gasteiger partial charge in [0.2, 0.25) is 0 Å². The Bertz CT molecular complexity index is 1580. The number of hydrogen-bond donors (Lipinski definition) is 1. The summed E-state index contributed by atoms with van der Waals surface area (Å²) in [5.41, 5.74) is 2.97. The highest BCUT2D eigenvalue weighted by atomic mass is 16.5. The predicted molar refractivity (Wildman–Crippen MR) is 145 cm³/mol. The Morgan fingerprint density at radius 2 is 1.89 bits per heavy atom. The molecule has 37 heavy (non-hydrogen) atoms. The van der Waals surface area contributed by atoms with Gasteiger partial charge in [-0.2, -0.15) is 0 Å². The van der Waals surface area contributed by atoms with Crippen LogP contribution < -0.4 is 20.5 Å². The third-order valence-electron chi connectivity index (χ3n) is 5.64. The first-order chi connectivity index (χ1) is 17.7. The van der Waals surface area contributed by atoms with Gasteiger partial charge in [-0.1, -0.05) is 5.92 Å². The van der Waals surface area contributed by atoms with Crippen LogP contribution in [-0.4, -0.2) is 53.0 Å². The highest BCUT2D eigenvalue weighted by molar-refractivity contribution is 6.06. The highest BCUT2D eigenvalue weighted by Gasteiger charge is 2.12. The maximum absolute atomic E-state index is 12.5. The summed E-state index contributed by atoms with van der Waals surface area (Å²) in [6.07, 6.45) is 3.16. The molecular formula is C28H28N6O3. The number of aromatic nitrogens is 3. The Labute approximate surface area is 215 Å². The lowest BCUT2D eigenvalue weighted by molar-refractivity contribution is -0.113. The van der Waals surface area contributed by atoms with Gasteiger partial charge in [0.05, 0.1) is 12.1 Å². The molecule has 9 heteroatoms. The number of benzene rings is 2. The summed E-state index contributed by atoms with van der Waals surface area (Å²) < 4.78 is 7.39. The minimum atomic E-state index is -0.296. The third-order valence-corrected chi connectivity index (χ3v) is 5.64. The van der Waals surface area contributed by atoms with Crippen LogP contribution in [0.25, 0.3) is 10.9 Å². The molecule has 0 saturated heterocycles. The molecular weight excluding hydrogens is 468 g/mol. The van der Waals surface area contributed by atoms with Crippen LogP contribution in [0.4, 0.5) is 17.2 Å². The van der Waals surface area contributed by atoms with Gasteiger partial charge in [0.15, 0.2) is 0 Å². The maximum atomic E-state index is 12.5. The Balaban J connectivity index is 1.57. The lowest BCUT2D eigenvalue weighted by atomic mass is 10.1. The second kappa shape index (κ2) is 10.9. The van der Waals surface area contributed by atoms with Crippen LogP contribution in [0.5, 0.6) is 11.5 Å². The molecule has 0 radical (unpaired) electrons. The second-order valence-corrected chi connectivity index (χ2v) is 8.85. The zero-order valence-corrected chi connectivity index (χ0v) is 21.4. The molecule has 0 bridgehead atoms. The molecule has 1 amide bonds. The first kappa shape index (κ1) is 25.4. The highest BCUT2D eigenvalue weighted by Crippen LogP contribution is 2.30. The number of hydrogen-bond acceptors (Lipinski definition) is 7. The maximum Gasteiger partial charge on any atom is 0.302 e. The predicted octanol–water partition coefficient (Wildman–Crippen LogP) is 3.70. The normalized spacial score (nSPS) is 10.6. The molecule has 2 aromatic carbocycles. The Morgan fingerprint density at radius 1 is 1.08 bits per heavy atom. The lowest BCUT2D eigenvalue weighted by Crippen LogP contribution is -2.24. The SMILES string of the molecule is Cc1cc(Nc2ncnc3ccc(N(C)C(=O)C#CCN(C)C)cc23)ccc1Oc1ccn(C)c(=O)c1. The number of carbonyl (C=O) groups excluding carboxylic acids is 1. The molecule has 2 aromatic heterocycles. The minimum absolute atomic E-state index is 0.142. The lowest BCUT2D eigenvalue weighted by Gasteiger charge is -2.16. The van der Waals surface area contributed by atoms with Crippen LogP contribution in [-0.2, 0) is 11.8 Å². The van der Waals surface area contributed by atoms with E-state index in [2.05, 4.69) is 27.1 Å². The van der Waals surface area contributed by atoms with Crippen molar-refractivity contribution in [3.8, 4) is 23.3 Å². The summed E-state index contributed by atoms with van der Waals surface area (Å²) in [4.78, 5) is 36.6. The summed E-state index contributed by atoms with van der Waals surface area (Å²) in [5.74, 6) is 6.96. The van der Waals surface area contributed by atoms with Crippen molar-refractivity contribution in [3.05, 3.63) is 77.0 Å². The first-order valence-electron chi connectivity index (χ1n) is 11.6. The quantitative estimate of drug-likeness (QED) is 0.407. The van der Waals surface area contributed by atoms with Crippen molar-refractivity contribution >= 4 is 34.0 Å². The van der Waals surface area contributed by atoms with Crippen molar-refractivity contribution < 1.29 is 9.53 Å². The molecule has 0 atom stereocenters. The average Bonchev–Trinajstić information content (AvgIpc) is 2.87. The fraction of sp³-hybridized carbons (Fsp3) is 0.214. The number of pyridine rings is 1. The number of anilines is 3.